The van der Waals surface area contributed by atoms with E-state index in [1.807, 2.05) is 24.3 Å². The first kappa shape index (κ1) is 21.9. The number of nitriles is 1. The summed E-state index contributed by atoms with van der Waals surface area (Å²) in [5, 5.41) is 10.8. The molecule has 1 amide bonds. The van der Waals surface area contributed by atoms with Crippen LogP contribution < -0.4 is 9.64 Å². The van der Waals surface area contributed by atoms with Crippen molar-refractivity contribution in [2.45, 2.75) is 64.7 Å². The number of methoxy groups -OCH3 is 1. The standard InChI is InChI=1S/C27H28N2O3S/c1-27(2)13-21-25(22(30)14-27)19(16-7-6-8-17(11-16)32-3)12-24(31)29(21)26-20(15-28)18-9-4-5-10-23(18)33-26/h6-8,11,19H,4-5,9-10,12-14H2,1-3H3. The topological polar surface area (TPSA) is 70.4 Å². The van der Waals surface area contributed by atoms with E-state index >= 15 is 0 Å². The van der Waals surface area contributed by atoms with Crippen LogP contribution in [0.4, 0.5) is 5.00 Å². The second kappa shape index (κ2) is 8.14. The number of fused-ring (bicyclic) bond motifs is 1. The Balaban J connectivity index is 1.70. The predicted octanol–water partition coefficient (Wildman–Crippen LogP) is 5.67. The maximum atomic E-state index is 13.7. The molecule has 0 spiro atoms. The zero-order chi connectivity index (χ0) is 23.3. The van der Waals surface area contributed by atoms with Crippen molar-refractivity contribution in [2.75, 3.05) is 12.0 Å². The third-order valence-electron chi connectivity index (χ3n) is 7.11. The minimum atomic E-state index is -0.289. The summed E-state index contributed by atoms with van der Waals surface area (Å²) in [4.78, 5) is 30.2. The maximum Gasteiger partial charge on any atom is 0.232 e. The molecule has 1 unspecified atom stereocenters. The summed E-state index contributed by atoms with van der Waals surface area (Å²) in [5.41, 5.74) is 3.94. The summed E-state index contributed by atoms with van der Waals surface area (Å²) in [5.74, 6) is 0.488. The van der Waals surface area contributed by atoms with Crippen LogP contribution in [0.1, 0.15) is 73.4 Å². The number of benzene rings is 1. The number of amides is 1. The smallest absolute Gasteiger partial charge is 0.232 e. The molecule has 6 heteroatoms. The molecule has 0 N–H and O–H groups in total. The monoisotopic (exact) mass is 460 g/mol. The second-order valence-electron chi connectivity index (χ2n) is 10.1. The van der Waals surface area contributed by atoms with E-state index in [0.717, 1.165) is 53.1 Å². The number of Topliss-reactive ketones (excluding diaryl/α,β-unsaturated/α-hetero) is 1. The van der Waals surface area contributed by atoms with Crippen molar-refractivity contribution < 1.29 is 14.3 Å². The van der Waals surface area contributed by atoms with Gasteiger partial charge in [-0.1, -0.05) is 26.0 Å². The second-order valence-corrected chi connectivity index (χ2v) is 11.2. The van der Waals surface area contributed by atoms with Crippen LogP contribution >= 0.6 is 11.3 Å². The molecule has 2 heterocycles. The Morgan fingerprint density at radius 1 is 1.18 bits per heavy atom. The van der Waals surface area contributed by atoms with Gasteiger partial charge in [0.25, 0.3) is 0 Å². The van der Waals surface area contributed by atoms with Crippen LogP contribution in [0, 0.1) is 16.7 Å². The molecule has 2 aliphatic carbocycles. The normalized spacial score (nSPS) is 22.0. The number of ether oxygens (including phenoxy) is 1. The number of hydrogen-bond donors (Lipinski definition) is 0. The van der Waals surface area contributed by atoms with Crippen molar-refractivity contribution in [3.8, 4) is 11.8 Å². The van der Waals surface area contributed by atoms with Crippen molar-refractivity contribution >= 4 is 28.0 Å². The number of anilines is 1. The molecular weight excluding hydrogens is 432 g/mol. The van der Waals surface area contributed by atoms with Crippen LogP contribution in [-0.2, 0) is 22.4 Å². The molecule has 5 rings (SSSR count). The van der Waals surface area contributed by atoms with Crippen molar-refractivity contribution in [2.24, 2.45) is 5.41 Å². The quantitative estimate of drug-likeness (QED) is 0.592. The zero-order valence-electron chi connectivity index (χ0n) is 19.4. The molecule has 0 saturated carbocycles. The first-order chi connectivity index (χ1) is 15.8. The summed E-state index contributed by atoms with van der Waals surface area (Å²) in [6.45, 7) is 4.16. The van der Waals surface area contributed by atoms with E-state index < -0.39 is 0 Å². The van der Waals surface area contributed by atoms with Gasteiger partial charge in [-0.2, -0.15) is 5.26 Å². The highest BCUT2D eigenvalue weighted by Gasteiger charge is 2.45. The highest BCUT2D eigenvalue weighted by atomic mass is 32.1. The summed E-state index contributed by atoms with van der Waals surface area (Å²) in [7, 11) is 1.62. The van der Waals surface area contributed by atoms with E-state index in [9.17, 15) is 14.9 Å². The Kier molecular flexibility index (Phi) is 5.41. The first-order valence-electron chi connectivity index (χ1n) is 11.6. The molecule has 0 bridgehead atoms. The Morgan fingerprint density at radius 3 is 2.73 bits per heavy atom. The van der Waals surface area contributed by atoms with Gasteiger partial charge in [-0.05, 0) is 60.8 Å². The lowest BCUT2D eigenvalue weighted by atomic mass is 9.69. The largest absolute Gasteiger partial charge is 0.497 e. The molecule has 0 radical (unpaired) electrons. The van der Waals surface area contributed by atoms with E-state index in [4.69, 9.17) is 4.74 Å². The van der Waals surface area contributed by atoms with E-state index in [2.05, 4.69) is 19.9 Å². The Hall–Kier alpha value is -2.91. The molecule has 0 fully saturated rings. The highest BCUT2D eigenvalue weighted by Crippen LogP contribution is 2.51. The van der Waals surface area contributed by atoms with Gasteiger partial charge in [-0.25, -0.2) is 0 Å². The molecule has 5 nitrogen and oxygen atoms in total. The molecule has 170 valence electrons. The molecule has 1 atom stereocenters. The van der Waals surface area contributed by atoms with Crippen LogP contribution in [0.15, 0.2) is 35.5 Å². The Bertz CT molecular complexity index is 1230. The fourth-order valence-corrected chi connectivity index (χ4v) is 7.00. The molecule has 33 heavy (non-hydrogen) atoms. The number of aryl methyl sites for hydroxylation is 1. The lowest BCUT2D eigenvalue weighted by Crippen LogP contribution is -2.43. The van der Waals surface area contributed by atoms with Crippen LogP contribution in [0.25, 0.3) is 0 Å². The summed E-state index contributed by atoms with van der Waals surface area (Å²) in [6.07, 6.45) is 5.34. The molecular formula is C27H28N2O3S. The van der Waals surface area contributed by atoms with Gasteiger partial charge >= 0.3 is 0 Å². The van der Waals surface area contributed by atoms with Gasteiger partial charge in [0.05, 0.1) is 12.7 Å². The summed E-state index contributed by atoms with van der Waals surface area (Å²) < 4.78 is 5.41. The number of carbonyl (C=O) groups excluding carboxylic acids is 2. The highest BCUT2D eigenvalue weighted by molar-refractivity contribution is 7.16. The average molecular weight is 461 g/mol. The molecule has 1 aromatic carbocycles. The SMILES string of the molecule is COc1cccc(C2CC(=O)N(c3sc4c(c3C#N)CCCC4)C3=C2C(=O)CC(C)(C)C3)c1. The number of hydrogen-bond acceptors (Lipinski definition) is 5. The lowest BCUT2D eigenvalue weighted by molar-refractivity contribution is -0.120. The summed E-state index contributed by atoms with van der Waals surface area (Å²) >= 11 is 1.57. The van der Waals surface area contributed by atoms with Gasteiger partial charge < -0.3 is 4.74 Å². The zero-order valence-corrected chi connectivity index (χ0v) is 20.2. The first-order valence-corrected chi connectivity index (χ1v) is 12.4. The molecule has 0 saturated heterocycles. The minimum absolute atomic E-state index is 0.0397. The van der Waals surface area contributed by atoms with E-state index in [1.54, 1.807) is 23.3 Å². The number of thiophene rings is 1. The minimum Gasteiger partial charge on any atom is -0.497 e. The molecule has 1 aromatic heterocycles. The fraction of sp³-hybridized carbons (Fsp3) is 0.444. The van der Waals surface area contributed by atoms with E-state index in [1.165, 1.54) is 4.88 Å². The van der Waals surface area contributed by atoms with Crippen LogP contribution in [0.2, 0.25) is 0 Å². The molecule has 3 aliphatic rings. The predicted molar refractivity (Wildman–Crippen MR) is 129 cm³/mol. The van der Waals surface area contributed by atoms with Crippen molar-refractivity contribution in [3.63, 3.8) is 0 Å². The average Bonchev–Trinajstić information content (AvgIpc) is 3.15. The van der Waals surface area contributed by atoms with Gasteiger partial charge in [-0.15, -0.1) is 11.3 Å². The van der Waals surface area contributed by atoms with E-state index in [0.29, 0.717) is 24.2 Å². The van der Waals surface area contributed by atoms with Crippen LogP contribution in [0.3, 0.4) is 0 Å². The van der Waals surface area contributed by atoms with E-state index in [-0.39, 0.29) is 29.4 Å². The lowest BCUT2D eigenvalue weighted by Gasteiger charge is -2.42. The third kappa shape index (κ3) is 3.69. The Labute approximate surface area is 198 Å². The molecule has 1 aliphatic heterocycles. The van der Waals surface area contributed by atoms with Crippen LogP contribution in [0.5, 0.6) is 5.75 Å². The number of ketones is 1. The van der Waals surface area contributed by atoms with Gasteiger partial charge in [0.1, 0.15) is 16.8 Å². The van der Waals surface area contributed by atoms with Crippen LogP contribution in [-0.4, -0.2) is 18.8 Å². The number of allylic oxidation sites excluding steroid dienone is 2. The van der Waals surface area contributed by atoms with Gasteiger partial charge in [0, 0.05) is 34.9 Å². The molecule has 2 aromatic rings. The fourth-order valence-electron chi connectivity index (χ4n) is 5.62. The third-order valence-corrected chi connectivity index (χ3v) is 8.38. The van der Waals surface area contributed by atoms with Gasteiger partial charge in [0.2, 0.25) is 5.91 Å². The van der Waals surface area contributed by atoms with Gasteiger partial charge in [0.15, 0.2) is 5.78 Å². The Morgan fingerprint density at radius 2 is 1.97 bits per heavy atom. The van der Waals surface area contributed by atoms with Gasteiger partial charge in [-0.3, -0.25) is 14.5 Å². The number of carbonyl (C=O) groups is 2. The van der Waals surface area contributed by atoms with Crippen molar-refractivity contribution in [1.82, 2.24) is 0 Å². The van der Waals surface area contributed by atoms with Crippen molar-refractivity contribution in [3.05, 3.63) is 57.1 Å². The number of nitrogens with zero attached hydrogens (tertiary/aromatic N) is 2. The maximum absolute atomic E-state index is 13.7. The summed E-state index contributed by atoms with van der Waals surface area (Å²) in [6, 6.07) is 10.1. The van der Waals surface area contributed by atoms with Crippen molar-refractivity contribution in [1.29, 1.82) is 5.26 Å². The number of rotatable bonds is 3.